The first-order chi connectivity index (χ1) is 24.3. The fourth-order valence-corrected chi connectivity index (χ4v) is 7.27. The highest BCUT2D eigenvalue weighted by Gasteiger charge is 2.27. The van der Waals surface area contributed by atoms with Crippen molar-refractivity contribution < 1.29 is 19.1 Å². The molecule has 1 saturated carbocycles. The molecule has 3 N–H and O–H groups in total. The molecule has 13 heteroatoms. The number of rotatable bonds is 13. The number of benzene rings is 2. The van der Waals surface area contributed by atoms with Crippen LogP contribution in [0.2, 0.25) is 10.0 Å². The molecule has 2 aromatic carbocycles. The second-order valence-electron chi connectivity index (χ2n) is 13.1. The number of imidazole rings is 1. The van der Waals surface area contributed by atoms with Gasteiger partial charge >= 0.3 is 0 Å². The van der Waals surface area contributed by atoms with Crippen LogP contribution < -0.4 is 20.7 Å². The Labute approximate surface area is 301 Å². The smallest absolute Gasteiger partial charge is 0.291 e. The highest BCUT2D eigenvalue weighted by Crippen LogP contribution is 2.41. The maximum Gasteiger partial charge on any atom is 0.291 e. The van der Waals surface area contributed by atoms with Crippen molar-refractivity contribution in [3.63, 3.8) is 0 Å². The van der Waals surface area contributed by atoms with Crippen molar-refractivity contribution in [1.82, 2.24) is 30.1 Å². The van der Waals surface area contributed by atoms with E-state index in [1.165, 1.54) is 12.8 Å². The Hall–Kier alpha value is -4.00. The standard InChI is InChI=1S/C37H41Cl2N7O4/c1-45-30-13-15-46(16-17-50-25-9-10-25)21-29(30)43-36(45)37(48)44-28-5-3-4-26(33(28)38)27-12-14-41-35(34(27)39)22-6-7-23(31(18-22)49-2)19-40-20-24-8-11-32(47)42-24/h3-7,12,14,18,24-25,40H,8-11,13,15-17,19-21H2,1-2H3,(H,42,47)(H,44,48)/t24-/m0/s1. The molecule has 2 fully saturated rings. The summed E-state index contributed by atoms with van der Waals surface area (Å²) in [7, 11) is 3.52. The molecule has 3 aliphatic rings. The van der Waals surface area contributed by atoms with E-state index in [-0.39, 0.29) is 17.9 Å². The number of methoxy groups -OCH3 is 1. The molecule has 262 valence electrons. The molecule has 0 bridgehead atoms. The van der Waals surface area contributed by atoms with Crippen LogP contribution in [0.3, 0.4) is 0 Å². The Morgan fingerprint density at radius 1 is 1.08 bits per heavy atom. The zero-order valence-corrected chi connectivity index (χ0v) is 29.7. The Morgan fingerprint density at radius 3 is 2.70 bits per heavy atom. The monoisotopic (exact) mass is 717 g/mol. The number of nitrogens with one attached hydrogen (secondary N) is 3. The zero-order valence-electron chi connectivity index (χ0n) is 28.2. The molecule has 0 radical (unpaired) electrons. The van der Waals surface area contributed by atoms with Crippen LogP contribution in [0, 0.1) is 0 Å². The Bertz CT molecular complexity index is 1910. The van der Waals surface area contributed by atoms with Crippen molar-refractivity contribution in [3.05, 3.63) is 81.5 Å². The second-order valence-corrected chi connectivity index (χ2v) is 13.8. The number of carbonyl (C=O) groups is 2. The zero-order chi connectivity index (χ0) is 34.8. The summed E-state index contributed by atoms with van der Waals surface area (Å²) in [6.45, 7) is 4.44. The van der Waals surface area contributed by atoms with Gasteiger partial charge in [0.05, 0.1) is 46.9 Å². The number of hydrogen-bond acceptors (Lipinski definition) is 8. The van der Waals surface area contributed by atoms with E-state index in [2.05, 4.69) is 25.8 Å². The summed E-state index contributed by atoms with van der Waals surface area (Å²) in [5.74, 6) is 0.807. The van der Waals surface area contributed by atoms with Crippen molar-refractivity contribution in [2.75, 3.05) is 38.7 Å². The van der Waals surface area contributed by atoms with E-state index in [0.29, 0.717) is 76.3 Å². The highest BCUT2D eigenvalue weighted by atomic mass is 35.5. The summed E-state index contributed by atoms with van der Waals surface area (Å²) in [6, 6.07) is 13.3. The minimum atomic E-state index is -0.333. The maximum absolute atomic E-state index is 13.6. The van der Waals surface area contributed by atoms with E-state index >= 15 is 0 Å². The lowest BCUT2D eigenvalue weighted by molar-refractivity contribution is -0.119. The first kappa shape index (κ1) is 34.4. The summed E-state index contributed by atoms with van der Waals surface area (Å²) in [6.07, 6.45) is 6.70. The predicted molar refractivity (Wildman–Crippen MR) is 194 cm³/mol. The molecule has 1 saturated heterocycles. The molecule has 2 aliphatic heterocycles. The van der Waals surface area contributed by atoms with E-state index in [4.69, 9.17) is 37.7 Å². The van der Waals surface area contributed by atoms with Gasteiger partial charge in [-0.1, -0.05) is 47.5 Å². The lowest BCUT2D eigenvalue weighted by atomic mass is 10.0. The topological polar surface area (TPSA) is 123 Å². The van der Waals surface area contributed by atoms with Gasteiger partial charge in [-0.15, -0.1) is 0 Å². The SMILES string of the molecule is COc1cc(-c2nccc(-c3cccc(NC(=O)c4nc5c(n4C)CCN(CCOC4CC4)C5)c3Cl)c2Cl)ccc1CNC[C@@H]1CCC(=O)N1. The average molecular weight is 719 g/mol. The number of fused-ring (bicyclic) bond motifs is 1. The van der Waals surface area contributed by atoms with Gasteiger partial charge in [0.25, 0.3) is 5.91 Å². The van der Waals surface area contributed by atoms with Gasteiger partial charge in [-0.3, -0.25) is 19.5 Å². The first-order valence-corrected chi connectivity index (χ1v) is 17.8. The fourth-order valence-electron chi connectivity index (χ4n) is 6.68. The normalized spacial score (nSPS) is 17.4. The van der Waals surface area contributed by atoms with Crippen LogP contribution in [0.4, 0.5) is 5.69 Å². The third-order valence-electron chi connectivity index (χ3n) is 9.60. The number of amides is 2. The minimum Gasteiger partial charge on any atom is -0.496 e. The molecular weight excluding hydrogens is 677 g/mol. The number of nitrogens with zero attached hydrogens (tertiary/aromatic N) is 4. The maximum atomic E-state index is 13.6. The summed E-state index contributed by atoms with van der Waals surface area (Å²) in [4.78, 5) is 36.8. The predicted octanol–water partition coefficient (Wildman–Crippen LogP) is 5.62. The lowest BCUT2D eigenvalue weighted by Crippen LogP contribution is -2.35. The van der Waals surface area contributed by atoms with Crippen LogP contribution in [0.1, 0.15) is 53.3 Å². The van der Waals surface area contributed by atoms with Crippen LogP contribution in [0.5, 0.6) is 5.75 Å². The first-order valence-electron chi connectivity index (χ1n) is 17.1. The second kappa shape index (κ2) is 15.1. The molecule has 2 amide bonds. The van der Waals surface area contributed by atoms with Crippen LogP contribution in [0.25, 0.3) is 22.4 Å². The molecule has 1 aliphatic carbocycles. The number of anilines is 1. The van der Waals surface area contributed by atoms with Crippen molar-refractivity contribution in [2.45, 2.75) is 57.3 Å². The highest BCUT2D eigenvalue weighted by molar-refractivity contribution is 6.39. The number of hydrogen-bond donors (Lipinski definition) is 3. The molecule has 11 nitrogen and oxygen atoms in total. The third-order valence-corrected chi connectivity index (χ3v) is 10.4. The van der Waals surface area contributed by atoms with Crippen LogP contribution >= 0.6 is 23.2 Å². The van der Waals surface area contributed by atoms with Gasteiger partial charge in [0.15, 0.2) is 5.82 Å². The van der Waals surface area contributed by atoms with Gasteiger partial charge in [-0.05, 0) is 37.5 Å². The Balaban J connectivity index is 1.05. The van der Waals surface area contributed by atoms with Crippen molar-refractivity contribution in [2.24, 2.45) is 7.05 Å². The number of pyridine rings is 1. The van der Waals surface area contributed by atoms with E-state index < -0.39 is 0 Å². The quantitative estimate of drug-likeness (QED) is 0.163. The molecule has 0 spiro atoms. The van der Waals surface area contributed by atoms with E-state index in [1.54, 1.807) is 19.4 Å². The average Bonchev–Trinajstić information content (AvgIpc) is 3.76. The molecule has 2 aromatic heterocycles. The summed E-state index contributed by atoms with van der Waals surface area (Å²) in [5, 5.41) is 10.2. The molecule has 7 rings (SSSR count). The van der Waals surface area contributed by atoms with E-state index in [0.717, 1.165) is 55.1 Å². The Morgan fingerprint density at radius 2 is 1.92 bits per heavy atom. The summed E-state index contributed by atoms with van der Waals surface area (Å²) < 4.78 is 13.4. The van der Waals surface area contributed by atoms with Crippen LogP contribution in [-0.2, 0) is 36.1 Å². The van der Waals surface area contributed by atoms with Gasteiger partial charge < -0.3 is 30.0 Å². The molecule has 4 aromatic rings. The van der Waals surface area contributed by atoms with E-state index in [1.807, 2.05) is 48.0 Å². The molecule has 4 heterocycles. The van der Waals surface area contributed by atoms with Crippen molar-refractivity contribution in [1.29, 1.82) is 0 Å². The van der Waals surface area contributed by atoms with Gasteiger partial charge in [0.2, 0.25) is 5.91 Å². The fraction of sp³-hybridized carbons (Fsp3) is 0.405. The van der Waals surface area contributed by atoms with Gasteiger partial charge in [-0.25, -0.2) is 4.98 Å². The van der Waals surface area contributed by atoms with Gasteiger partial charge in [0, 0.05) is 92.8 Å². The summed E-state index contributed by atoms with van der Waals surface area (Å²) in [5.41, 5.74) is 6.13. The molecular formula is C37H41Cl2N7O4. The molecule has 0 unspecified atom stereocenters. The number of aromatic nitrogens is 3. The Kier molecular flexibility index (Phi) is 10.4. The third kappa shape index (κ3) is 7.52. The summed E-state index contributed by atoms with van der Waals surface area (Å²) >= 11 is 14.0. The largest absolute Gasteiger partial charge is 0.496 e. The molecule has 50 heavy (non-hydrogen) atoms. The number of carbonyl (C=O) groups excluding carboxylic acids is 2. The van der Waals surface area contributed by atoms with Gasteiger partial charge in [0.1, 0.15) is 5.75 Å². The minimum absolute atomic E-state index is 0.100. The number of ether oxygens (including phenoxy) is 2. The van der Waals surface area contributed by atoms with Crippen molar-refractivity contribution in [3.8, 4) is 28.1 Å². The van der Waals surface area contributed by atoms with Crippen LogP contribution in [-0.4, -0.2) is 76.7 Å². The lowest BCUT2D eigenvalue weighted by Gasteiger charge is -2.26. The number of halogens is 2. The van der Waals surface area contributed by atoms with E-state index in [9.17, 15) is 9.59 Å². The van der Waals surface area contributed by atoms with Gasteiger partial charge in [-0.2, -0.15) is 0 Å². The molecule has 1 atom stereocenters. The van der Waals surface area contributed by atoms with Crippen molar-refractivity contribution >= 4 is 40.7 Å². The van der Waals surface area contributed by atoms with Crippen LogP contribution in [0.15, 0.2) is 48.7 Å².